The molecule has 3 rings (SSSR count). The van der Waals surface area contributed by atoms with E-state index in [-0.39, 0.29) is 27.5 Å². The number of nitrogens with zero attached hydrogens (tertiary/aromatic N) is 2. The highest BCUT2D eigenvalue weighted by molar-refractivity contribution is 9.10. The van der Waals surface area contributed by atoms with Crippen molar-refractivity contribution in [3.05, 3.63) is 52.5 Å². The Kier molecular flexibility index (Phi) is 3.42. The lowest BCUT2D eigenvalue weighted by atomic mass is 10.2. The van der Waals surface area contributed by atoms with Gasteiger partial charge in [-0.15, -0.1) is 0 Å². The van der Waals surface area contributed by atoms with E-state index in [1.54, 1.807) is 0 Å². The first-order valence-electron chi connectivity index (χ1n) is 5.83. The molecule has 0 fully saturated rings. The van der Waals surface area contributed by atoms with Crippen LogP contribution in [0.25, 0.3) is 22.8 Å². The van der Waals surface area contributed by atoms with Crippen molar-refractivity contribution in [1.29, 1.82) is 0 Å². The molecule has 0 aliphatic rings. The first-order valence-corrected chi connectivity index (χ1v) is 6.62. The molecule has 1 heterocycles. The minimum absolute atomic E-state index is 0.152. The number of hydrogen-bond acceptors (Lipinski definition) is 4. The number of phenolic OH excluding ortho intramolecular Hbond substituents is 1. The van der Waals surface area contributed by atoms with Crippen molar-refractivity contribution in [2.45, 2.75) is 0 Å². The minimum atomic E-state index is -0.675. The molecular weight excluding hydrogens is 346 g/mol. The summed E-state index contributed by atoms with van der Waals surface area (Å²) in [6.45, 7) is 0. The van der Waals surface area contributed by atoms with Crippen LogP contribution in [0.15, 0.2) is 45.4 Å². The fraction of sp³-hybridized carbons (Fsp3) is 0. The highest BCUT2D eigenvalue weighted by atomic mass is 79.9. The van der Waals surface area contributed by atoms with Crippen molar-refractivity contribution < 1.29 is 18.4 Å². The highest BCUT2D eigenvalue weighted by Crippen LogP contribution is 2.32. The number of rotatable bonds is 2. The van der Waals surface area contributed by atoms with E-state index in [0.29, 0.717) is 5.56 Å². The van der Waals surface area contributed by atoms with Gasteiger partial charge in [0.25, 0.3) is 5.89 Å². The molecule has 0 amide bonds. The van der Waals surface area contributed by atoms with Gasteiger partial charge in [-0.05, 0) is 46.3 Å². The molecule has 1 aromatic heterocycles. The second-order valence-electron chi connectivity index (χ2n) is 4.19. The van der Waals surface area contributed by atoms with Gasteiger partial charge in [-0.3, -0.25) is 0 Å². The lowest BCUT2D eigenvalue weighted by Crippen LogP contribution is -1.86. The molecule has 106 valence electrons. The Morgan fingerprint density at radius 1 is 1.10 bits per heavy atom. The van der Waals surface area contributed by atoms with Crippen molar-refractivity contribution in [2.75, 3.05) is 0 Å². The van der Waals surface area contributed by atoms with Crippen LogP contribution in [-0.2, 0) is 0 Å². The molecule has 7 heteroatoms. The largest absolute Gasteiger partial charge is 0.507 e. The van der Waals surface area contributed by atoms with Crippen LogP contribution in [-0.4, -0.2) is 15.2 Å². The topological polar surface area (TPSA) is 59.2 Å². The molecule has 0 saturated carbocycles. The third-order valence-corrected chi connectivity index (χ3v) is 3.42. The summed E-state index contributed by atoms with van der Waals surface area (Å²) in [6, 6.07) is 8.05. The fourth-order valence-corrected chi connectivity index (χ4v) is 2.18. The third-order valence-electron chi connectivity index (χ3n) is 2.81. The molecule has 0 aliphatic carbocycles. The van der Waals surface area contributed by atoms with Crippen molar-refractivity contribution in [3.63, 3.8) is 0 Å². The zero-order valence-electron chi connectivity index (χ0n) is 10.3. The molecule has 1 N–H and O–H groups in total. The normalized spacial score (nSPS) is 10.8. The van der Waals surface area contributed by atoms with Gasteiger partial charge < -0.3 is 9.63 Å². The van der Waals surface area contributed by atoms with Gasteiger partial charge in [0, 0.05) is 5.56 Å². The predicted molar refractivity (Wildman–Crippen MR) is 74.5 cm³/mol. The molecule has 0 unspecified atom stereocenters. The molecule has 0 saturated heterocycles. The van der Waals surface area contributed by atoms with E-state index < -0.39 is 11.6 Å². The SMILES string of the molecule is Oc1cccc(F)c1-c1nc(-c2ccc(F)c(Br)c2)no1. The Morgan fingerprint density at radius 2 is 1.90 bits per heavy atom. The van der Waals surface area contributed by atoms with Crippen LogP contribution in [0.2, 0.25) is 0 Å². The number of phenols is 1. The molecule has 0 radical (unpaired) electrons. The van der Waals surface area contributed by atoms with Gasteiger partial charge in [0.05, 0.1) is 4.47 Å². The van der Waals surface area contributed by atoms with Gasteiger partial charge in [-0.1, -0.05) is 11.2 Å². The molecule has 0 spiro atoms. The van der Waals surface area contributed by atoms with Crippen molar-refractivity contribution in [3.8, 4) is 28.6 Å². The van der Waals surface area contributed by atoms with Crippen LogP contribution >= 0.6 is 15.9 Å². The lowest BCUT2D eigenvalue weighted by Gasteiger charge is -1.99. The van der Waals surface area contributed by atoms with Crippen LogP contribution in [0.4, 0.5) is 8.78 Å². The minimum Gasteiger partial charge on any atom is -0.507 e. The standard InChI is InChI=1S/C14H7BrF2N2O2/c15-8-6-7(4-5-9(8)16)13-18-14(21-19-13)12-10(17)2-1-3-11(12)20/h1-6,20H. The van der Waals surface area contributed by atoms with Crippen LogP contribution in [0.3, 0.4) is 0 Å². The predicted octanol–water partition coefficient (Wildman–Crippen LogP) is 4.15. The Bertz CT molecular complexity index is 800. The summed E-state index contributed by atoms with van der Waals surface area (Å²) in [6.07, 6.45) is 0. The maximum atomic E-state index is 13.7. The van der Waals surface area contributed by atoms with Gasteiger partial charge in [-0.2, -0.15) is 4.98 Å². The molecule has 0 aliphatic heterocycles. The molecule has 0 bridgehead atoms. The van der Waals surface area contributed by atoms with E-state index in [1.165, 1.54) is 36.4 Å². The van der Waals surface area contributed by atoms with Gasteiger partial charge >= 0.3 is 0 Å². The number of halogens is 3. The van der Waals surface area contributed by atoms with Gasteiger partial charge in [0.1, 0.15) is 22.9 Å². The van der Waals surface area contributed by atoms with Crippen LogP contribution < -0.4 is 0 Å². The average Bonchev–Trinajstić information content (AvgIpc) is 2.91. The van der Waals surface area contributed by atoms with E-state index in [1.807, 2.05) is 0 Å². The Hall–Kier alpha value is -2.28. The molecule has 21 heavy (non-hydrogen) atoms. The van der Waals surface area contributed by atoms with Crippen molar-refractivity contribution in [1.82, 2.24) is 10.1 Å². The summed E-state index contributed by atoms with van der Waals surface area (Å²) in [7, 11) is 0. The second-order valence-corrected chi connectivity index (χ2v) is 5.04. The summed E-state index contributed by atoms with van der Waals surface area (Å²) in [4.78, 5) is 4.02. The maximum Gasteiger partial charge on any atom is 0.265 e. The molecule has 2 aromatic carbocycles. The first kappa shape index (κ1) is 13.7. The maximum absolute atomic E-state index is 13.7. The fourth-order valence-electron chi connectivity index (χ4n) is 1.80. The van der Waals surface area contributed by atoms with Crippen LogP contribution in [0.5, 0.6) is 5.75 Å². The molecule has 3 aromatic rings. The lowest BCUT2D eigenvalue weighted by molar-refractivity contribution is 0.421. The Balaban J connectivity index is 2.06. The monoisotopic (exact) mass is 352 g/mol. The highest BCUT2D eigenvalue weighted by Gasteiger charge is 2.18. The zero-order chi connectivity index (χ0) is 15.0. The number of benzene rings is 2. The van der Waals surface area contributed by atoms with Crippen molar-refractivity contribution in [2.24, 2.45) is 0 Å². The van der Waals surface area contributed by atoms with Crippen LogP contribution in [0.1, 0.15) is 0 Å². The Labute approximate surface area is 126 Å². The quantitative estimate of drug-likeness (QED) is 0.752. The smallest absolute Gasteiger partial charge is 0.265 e. The van der Waals surface area contributed by atoms with E-state index in [2.05, 4.69) is 26.1 Å². The van der Waals surface area contributed by atoms with E-state index in [0.717, 1.165) is 0 Å². The van der Waals surface area contributed by atoms with Crippen LogP contribution in [0, 0.1) is 11.6 Å². The van der Waals surface area contributed by atoms with Gasteiger partial charge in [-0.25, -0.2) is 8.78 Å². The summed E-state index contributed by atoms with van der Waals surface area (Å²) in [5.41, 5.74) is 0.325. The van der Waals surface area contributed by atoms with E-state index in [4.69, 9.17) is 4.52 Å². The number of hydrogen-bond donors (Lipinski definition) is 1. The summed E-state index contributed by atoms with van der Waals surface area (Å²) in [5, 5.41) is 13.4. The second kappa shape index (κ2) is 5.25. The molecular formula is C14H7BrF2N2O2. The first-order chi connectivity index (χ1) is 10.1. The van der Waals surface area contributed by atoms with Gasteiger partial charge in [0.15, 0.2) is 0 Å². The third kappa shape index (κ3) is 2.52. The number of aromatic hydroxyl groups is 1. The van der Waals surface area contributed by atoms with E-state index >= 15 is 0 Å². The zero-order valence-corrected chi connectivity index (χ0v) is 11.9. The molecule has 0 atom stereocenters. The van der Waals surface area contributed by atoms with Gasteiger partial charge in [0.2, 0.25) is 5.82 Å². The summed E-state index contributed by atoms with van der Waals surface area (Å²) in [5.74, 6) is -1.39. The van der Waals surface area contributed by atoms with Crippen molar-refractivity contribution >= 4 is 15.9 Å². The van der Waals surface area contributed by atoms with E-state index in [9.17, 15) is 13.9 Å². The molecule has 4 nitrogen and oxygen atoms in total. The average molecular weight is 353 g/mol. The summed E-state index contributed by atoms with van der Waals surface area (Å²) < 4.78 is 32.1. The summed E-state index contributed by atoms with van der Waals surface area (Å²) >= 11 is 3.06. The Morgan fingerprint density at radius 3 is 2.62 bits per heavy atom. The number of aromatic nitrogens is 2.